The SMILES string of the molecule is O=S(=O)(CCN1CCNCC1)NC1CCN2CCCC2C1. The van der Waals surface area contributed by atoms with Gasteiger partial charge in [-0.25, -0.2) is 13.1 Å². The molecule has 0 aromatic heterocycles. The standard InChI is InChI=1S/C14H28N4O2S/c19-21(20,11-10-17-8-4-15-5-9-17)16-13-3-7-18-6-1-2-14(18)12-13/h13-16H,1-12H2. The second kappa shape index (κ2) is 6.91. The molecular weight excluding hydrogens is 288 g/mol. The van der Waals surface area contributed by atoms with Gasteiger partial charge in [0.25, 0.3) is 0 Å². The molecule has 6 nitrogen and oxygen atoms in total. The van der Waals surface area contributed by atoms with Crippen molar-refractivity contribution in [1.29, 1.82) is 0 Å². The van der Waals surface area contributed by atoms with E-state index in [2.05, 4.69) is 19.8 Å². The minimum atomic E-state index is -3.14. The zero-order chi connectivity index (χ0) is 14.7. The third-order valence-corrected chi connectivity index (χ3v) is 6.47. The number of fused-ring (bicyclic) bond motifs is 1. The van der Waals surface area contributed by atoms with Crippen LogP contribution < -0.4 is 10.0 Å². The van der Waals surface area contributed by atoms with Crippen LogP contribution in [0.2, 0.25) is 0 Å². The smallest absolute Gasteiger partial charge is 0.213 e. The van der Waals surface area contributed by atoms with Crippen LogP contribution in [0, 0.1) is 0 Å². The van der Waals surface area contributed by atoms with E-state index in [0.717, 1.165) is 45.6 Å². The monoisotopic (exact) mass is 316 g/mol. The molecule has 2 unspecified atom stereocenters. The molecule has 0 bridgehead atoms. The van der Waals surface area contributed by atoms with Gasteiger partial charge in [-0.3, -0.25) is 4.90 Å². The third kappa shape index (κ3) is 4.39. The van der Waals surface area contributed by atoms with Gasteiger partial charge < -0.3 is 10.2 Å². The number of sulfonamides is 1. The van der Waals surface area contributed by atoms with Gasteiger partial charge in [-0.15, -0.1) is 0 Å². The Morgan fingerprint density at radius 2 is 1.90 bits per heavy atom. The van der Waals surface area contributed by atoms with Crippen LogP contribution in [0.3, 0.4) is 0 Å². The highest BCUT2D eigenvalue weighted by Crippen LogP contribution is 2.27. The molecule has 2 atom stereocenters. The number of piperidine rings is 1. The zero-order valence-electron chi connectivity index (χ0n) is 12.8. The summed E-state index contributed by atoms with van der Waals surface area (Å²) in [5.74, 6) is 0.234. The first kappa shape index (κ1) is 15.7. The van der Waals surface area contributed by atoms with E-state index in [-0.39, 0.29) is 11.8 Å². The Morgan fingerprint density at radius 3 is 2.71 bits per heavy atom. The molecule has 3 heterocycles. The van der Waals surface area contributed by atoms with Crippen molar-refractivity contribution in [3.05, 3.63) is 0 Å². The molecule has 3 rings (SSSR count). The lowest BCUT2D eigenvalue weighted by molar-refractivity contribution is 0.176. The summed E-state index contributed by atoms with van der Waals surface area (Å²) < 4.78 is 27.5. The van der Waals surface area contributed by atoms with Crippen LogP contribution in [-0.2, 0) is 10.0 Å². The van der Waals surface area contributed by atoms with Crippen molar-refractivity contribution in [2.45, 2.75) is 37.8 Å². The fraction of sp³-hybridized carbons (Fsp3) is 1.00. The maximum atomic E-state index is 12.3. The molecule has 0 saturated carbocycles. The van der Waals surface area contributed by atoms with Crippen LogP contribution in [0.5, 0.6) is 0 Å². The van der Waals surface area contributed by atoms with E-state index in [1.165, 1.54) is 19.4 Å². The van der Waals surface area contributed by atoms with Crippen LogP contribution in [0.4, 0.5) is 0 Å². The van der Waals surface area contributed by atoms with Crippen molar-refractivity contribution < 1.29 is 8.42 Å². The summed E-state index contributed by atoms with van der Waals surface area (Å²) >= 11 is 0. The fourth-order valence-corrected chi connectivity index (χ4v) is 5.17. The molecule has 122 valence electrons. The Kier molecular flexibility index (Phi) is 5.16. The molecule has 3 aliphatic heterocycles. The molecule has 0 aromatic carbocycles. The lowest BCUT2D eigenvalue weighted by Crippen LogP contribution is -2.49. The van der Waals surface area contributed by atoms with Gasteiger partial charge >= 0.3 is 0 Å². The highest BCUT2D eigenvalue weighted by Gasteiger charge is 2.33. The van der Waals surface area contributed by atoms with Gasteiger partial charge in [0.2, 0.25) is 10.0 Å². The normalized spacial score (nSPS) is 32.2. The van der Waals surface area contributed by atoms with Gasteiger partial charge in [0.1, 0.15) is 0 Å². The summed E-state index contributed by atoms with van der Waals surface area (Å²) in [6, 6.07) is 0.761. The molecule has 2 N–H and O–H groups in total. The molecule has 0 spiro atoms. The number of nitrogens with zero attached hydrogens (tertiary/aromatic N) is 2. The Morgan fingerprint density at radius 1 is 1.10 bits per heavy atom. The van der Waals surface area contributed by atoms with E-state index in [9.17, 15) is 8.42 Å². The highest BCUT2D eigenvalue weighted by molar-refractivity contribution is 7.89. The van der Waals surface area contributed by atoms with Gasteiger partial charge in [-0.2, -0.15) is 0 Å². The molecule has 3 aliphatic rings. The van der Waals surface area contributed by atoms with Gasteiger partial charge in [0, 0.05) is 44.8 Å². The quantitative estimate of drug-likeness (QED) is 0.712. The van der Waals surface area contributed by atoms with Crippen LogP contribution >= 0.6 is 0 Å². The lowest BCUT2D eigenvalue weighted by Gasteiger charge is -2.35. The molecule has 0 radical (unpaired) electrons. The summed E-state index contributed by atoms with van der Waals surface area (Å²) in [7, 11) is -3.14. The molecule has 0 amide bonds. The first-order valence-corrected chi connectivity index (χ1v) is 9.95. The largest absolute Gasteiger partial charge is 0.314 e. The Labute approximate surface area is 128 Å². The number of rotatable bonds is 5. The molecule has 21 heavy (non-hydrogen) atoms. The van der Waals surface area contributed by atoms with Crippen LogP contribution in [-0.4, -0.2) is 81.9 Å². The van der Waals surface area contributed by atoms with Crippen molar-refractivity contribution in [3.63, 3.8) is 0 Å². The molecule has 0 aliphatic carbocycles. The second-order valence-corrected chi connectivity index (χ2v) is 8.46. The topological polar surface area (TPSA) is 64.7 Å². The third-order valence-electron chi connectivity index (χ3n) is 5.05. The van der Waals surface area contributed by atoms with E-state index in [1.54, 1.807) is 0 Å². The van der Waals surface area contributed by atoms with Gasteiger partial charge in [0.05, 0.1) is 5.75 Å². The van der Waals surface area contributed by atoms with Crippen LogP contribution in [0.15, 0.2) is 0 Å². The van der Waals surface area contributed by atoms with Gasteiger partial charge in [0.15, 0.2) is 0 Å². The Hall–Kier alpha value is -0.210. The van der Waals surface area contributed by atoms with Crippen LogP contribution in [0.25, 0.3) is 0 Å². The summed E-state index contributed by atoms with van der Waals surface area (Å²) in [6.07, 6.45) is 4.46. The fourth-order valence-electron chi connectivity index (χ4n) is 3.83. The summed E-state index contributed by atoms with van der Waals surface area (Å²) in [5.41, 5.74) is 0. The average molecular weight is 316 g/mol. The van der Waals surface area contributed by atoms with E-state index in [4.69, 9.17) is 0 Å². The van der Waals surface area contributed by atoms with E-state index >= 15 is 0 Å². The minimum Gasteiger partial charge on any atom is -0.314 e. The summed E-state index contributed by atoms with van der Waals surface area (Å²) in [6.45, 7) is 6.75. The Bertz CT molecular complexity index is 436. The molecule has 7 heteroatoms. The summed E-state index contributed by atoms with van der Waals surface area (Å²) in [5, 5.41) is 3.29. The van der Waals surface area contributed by atoms with Crippen molar-refractivity contribution in [2.24, 2.45) is 0 Å². The molecule has 3 fully saturated rings. The van der Waals surface area contributed by atoms with Crippen molar-refractivity contribution in [2.75, 3.05) is 51.6 Å². The number of piperazine rings is 1. The summed E-state index contributed by atoms with van der Waals surface area (Å²) in [4.78, 5) is 4.75. The number of hydrogen-bond donors (Lipinski definition) is 2. The molecular formula is C14H28N4O2S. The predicted molar refractivity (Wildman–Crippen MR) is 83.8 cm³/mol. The van der Waals surface area contributed by atoms with Crippen LogP contribution in [0.1, 0.15) is 25.7 Å². The number of nitrogens with one attached hydrogen (secondary N) is 2. The molecule has 0 aromatic rings. The van der Waals surface area contributed by atoms with Crippen molar-refractivity contribution in [3.8, 4) is 0 Å². The number of hydrogen-bond acceptors (Lipinski definition) is 5. The zero-order valence-corrected chi connectivity index (χ0v) is 13.6. The van der Waals surface area contributed by atoms with Gasteiger partial charge in [-0.1, -0.05) is 0 Å². The van der Waals surface area contributed by atoms with Gasteiger partial charge in [-0.05, 0) is 38.8 Å². The van der Waals surface area contributed by atoms with Crippen molar-refractivity contribution >= 4 is 10.0 Å². The lowest BCUT2D eigenvalue weighted by atomic mass is 9.99. The Balaban J connectivity index is 1.44. The minimum absolute atomic E-state index is 0.150. The first-order valence-electron chi connectivity index (χ1n) is 8.29. The first-order chi connectivity index (χ1) is 10.1. The average Bonchev–Trinajstić information content (AvgIpc) is 2.93. The molecule has 3 saturated heterocycles. The van der Waals surface area contributed by atoms with E-state index in [0.29, 0.717) is 12.6 Å². The van der Waals surface area contributed by atoms with E-state index < -0.39 is 10.0 Å². The maximum absolute atomic E-state index is 12.3. The second-order valence-electron chi connectivity index (χ2n) is 6.58. The highest BCUT2D eigenvalue weighted by atomic mass is 32.2. The predicted octanol–water partition coefficient (Wildman–Crippen LogP) is -0.562. The maximum Gasteiger partial charge on any atom is 0.213 e. The van der Waals surface area contributed by atoms with E-state index in [1.807, 2.05) is 0 Å². The van der Waals surface area contributed by atoms with Crippen molar-refractivity contribution in [1.82, 2.24) is 19.8 Å².